The van der Waals surface area contributed by atoms with Crippen LogP contribution in [0.5, 0.6) is 11.5 Å². The molecule has 7 heteroatoms. The number of halogens is 2. The van der Waals surface area contributed by atoms with Crippen molar-refractivity contribution in [3.63, 3.8) is 0 Å². The van der Waals surface area contributed by atoms with Gasteiger partial charge in [-0.15, -0.1) is 0 Å². The summed E-state index contributed by atoms with van der Waals surface area (Å²) in [5.74, 6) is -2.08. The van der Waals surface area contributed by atoms with Gasteiger partial charge < -0.3 is 15.9 Å². The predicted molar refractivity (Wildman–Crippen MR) is 59.4 cm³/mol. The van der Waals surface area contributed by atoms with E-state index in [4.69, 9.17) is 5.73 Å². The summed E-state index contributed by atoms with van der Waals surface area (Å²) in [6.07, 6.45) is 0. The smallest absolute Gasteiger partial charge is 0.194 e. The first-order valence-corrected chi connectivity index (χ1v) is 5.01. The molecule has 0 unspecified atom stereocenters. The minimum Gasteiger partial charge on any atom is -0.504 e. The molecule has 0 radical (unpaired) electrons. The van der Waals surface area contributed by atoms with Crippen molar-refractivity contribution in [3.05, 3.63) is 22.4 Å². The molecule has 1 heterocycles. The van der Waals surface area contributed by atoms with Crippen molar-refractivity contribution in [1.82, 2.24) is 10.2 Å². The molecule has 0 atom stereocenters. The number of nitrogens with zero attached hydrogens (tertiary/aromatic N) is 1. The SMILES string of the molecule is Nc1cc(-c2c(Br)cc(F)c(O)c2O)[nH]n1. The third-order valence-corrected chi connectivity index (χ3v) is 2.67. The molecule has 0 saturated carbocycles. The number of phenols is 2. The summed E-state index contributed by atoms with van der Waals surface area (Å²) < 4.78 is 13.3. The summed E-state index contributed by atoms with van der Waals surface area (Å²) in [4.78, 5) is 0. The molecule has 5 nitrogen and oxygen atoms in total. The highest BCUT2D eigenvalue weighted by Gasteiger charge is 2.18. The first kappa shape index (κ1) is 10.7. The number of hydrogen-bond donors (Lipinski definition) is 4. The van der Waals surface area contributed by atoms with Gasteiger partial charge in [-0.2, -0.15) is 5.10 Å². The van der Waals surface area contributed by atoms with Crippen LogP contribution >= 0.6 is 15.9 Å². The number of nitrogens with two attached hydrogens (primary N) is 1. The molecule has 16 heavy (non-hydrogen) atoms. The normalized spacial score (nSPS) is 10.6. The van der Waals surface area contributed by atoms with Crippen molar-refractivity contribution < 1.29 is 14.6 Å². The molecule has 0 bridgehead atoms. The van der Waals surface area contributed by atoms with E-state index in [9.17, 15) is 14.6 Å². The second kappa shape index (κ2) is 3.67. The van der Waals surface area contributed by atoms with Gasteiger partial charge in [0, 0.05) is 10.5 Å². The number of aromatic nitrogens is 2. The molecular formula is C9H7BrFN3O2. The maximum atomic E-state index is 13.1. The monoisotopic (exact) mass is 287 g/mol. The van der Waals surface area contributed by atoms with Gasteiger partial charge in [-0.1, -0.05) is 0 Å². The van der Waals surface area contributed by atoms with Gasteiger partial charge in [-0.3, -0.25) is 5.10 Å². The van der Waals surface area contributed by atoms with Gasteiger partial charge in [0.05, 0.1) is 11.3 Å². The van der Waals surface area contributed by atoms with Crippen LogP contribution in [-0.2, 0) is 0 Å². The Hall–Kier alpha value is -1.76. The first-order chi connectivity index (χ1) is 7.50. The fourth-order valence-corrected chi connectivity index (χ4v) is 1.92. The molecule has 0 spiro atoms. The number of H-pyrrole nitrogens is 1. The Kier molecular flexibility index (Phi) is 2.47. The van der Waals surface area contributed by atoms with E-state index in [-0.39, 0.29) is 15.9 Å². The Balaban J connectivity index is 2.70. The molecule has 0 aliphatic carbocycles. The van der Waals surface area contributed by atoms with E-state index in [0.717, 1.165) is 6.07 Å². The van der Waals surface area contributed by atoms with Crippen LogP contribution in [0.3, 0.4) is 0 Å². The zero-order valence-electron chi connectivity index (χ0n) is 7.83. The van der Waals surface area contributed by atoms with Crippen molar-refractivity contribution in [2.24, 2.45) is 0 Å². The van der Waals surface area contributed by atoms with Gasteiger partial charge in [0.2, 0.25) is 0 Å². The van der Waals surface area contributed by atoms with Crippen molar-refractivity contribution >= 4 is 21.7 Å². The summed E-state index contributed by atoms with van der Waals surface area (Å²) in [7, 11) is 0. The Bertz CT molecular complexity index is 556. The van der Waals surface area contributed by atoms with Crippen LogP contribution < -0.4 is 5.73 Å². The fraction of sp³-hybridized carbons (Fsp3) is 0. The number of phenolic OH excluding ortho intramolecular Hbond substituents is 2. The van der Waals surface area contributed by atoms with Crippen LogP contribution in [0, 0.1) is 5.82 Å². The number of aromatic amines is 1. The molecule has 2 aromatic rings. The number of nitrogen functional groups attached to an aromatic ring is 1. The van der Waals surface area contributed by atoms with E-state index in [1.165, 1.54) is 6.07 Å². The summed E-state index contributed by atoms with van der Waals surface area (Å²) in [6.45, 7) is 0. The molecule has 0 aliphatic rings. The lowest BCUT2D eigenvalue weighted by molar-refractivity contribution is 0.379. The minimum absolute atomic E-state index is 0.197. The Morgan fingerprint density at radius 1 is 1.31 bits per heavy atom. The topological polar surface area (TPSA) is 95.2 Å². The maximum absolute atomic E-state index is 13.1. The Labute approximate surface area is 97.8 Å². The number of hydrogen-bond acceptors (Lipinski definition) is 4. The van der Waals surface area contributed by atoms with E-state index in [1.54, 1.807) is 0 Å². The van der Waals surface area contributed by atoms with Gasteiger partial charge in [0.25, 0.3) is 0 Å². The van der Waals surface area contributed by atoms with Gasteiger partial charge in [-0.05, 0) is 22.0 Å². The van der Waals surface area contributed by atoms with E-state index in [1.807, 2.05) is 0 Å². The minimum atomic E-state index is -0.916. The average molecular weight is 288 g/mol. The molecule has 0 amide bonds. The van der Waals surface area contributed by atoms with Crippen LogP contribution in [0.2, 0.25) is 0 Å². The molecule has 5 N–H and O–H groups in total. The zero-order valence-corrected chi connectivity index (χ0v) is 9.42. The van der Waals surface area contributed by atoms with Gasteiger partial charge in [-0.25, -0.2) is 4.39 Å². The largest absolute Gasteiger partial charge is 0.504 e. The third-order valence-electron chi connectivity index (χ3n) is 2.05. The van der Waals surface area contributed by atoms with Crippen molar-refractivity contribution in [2.75, 3.05) is 5.73 Å². The van der Waals surface area contributed by atoms with Crippen molar-refractivity contribution in [3.8, 4) is 22.8 Å². The number of aromatic hydroxyl groups is 2. The lowest BCUT2D eigenvalue weighted by Crippen LogP contribution is -1.86. The first-order valence-electron chi connectivity index (χ1n) is 4.22. The summed E-state index contributed by atoms with van der Waals surface area (Å²) in [5.41, 5.74) is 5.98. The molecule has 0 saturated heterocycles. The Morgan fingerprint density at radius 2 is 2.00 bits per heavy atom. The molecule has 2 rings (SSSR count). The van der Waals surface area contributed by atoms with Gasteiger partial charge in [0.1, 0.15) is 5.82 Å². The van der Waals surface area contributed by atoms with Crippen LogP contribution in [0.25, 0.3) is 11.3 Å². The van der Waals surface area contributed by atoms with Crippen LogP contribution in [0.15, 0.2) is 16.6 Å². The second-order valence-electron chi connectivity index (χ2n) is 3.12. The molecule has 1 aromatic carbocycles. The predicted octanol–water partition coefficient (Wildman–Crippen LogP) is 1.97. The molecule has 0 aliphatic heterocycles. The lowest BCUT2D eigenvalue weighted by Gasteiger charge is -2.07. The molecular weight excluding hydrogens is 281 g/mol. The van der Waals surface area contributed by atoms with Crippen molar-refractivity contribution in [2.45, 2.75) is 0 Å². The molecule has 1 aromatic heterocycles. The summed E-state index contributed by atoms with van der Waals surface area (Å²) >= 11 is 3.08. The van der Waals surface area contributed by atoms with E-state index in [0.29, 0.717) is 5.69 Å². The molecule has 0 fully saturated rings. The molecule has 84 valence electrons. The lowest BCUT2D eigenvalue weighted by atomic mass is 10.1. The second-order valence-corrected chi connectivity index (χ2v) is 3.97. The number of anilines is 1. The number of benzene rings is 1. The fourth-order valence-electron chi connectivity index (χ4n) is 1.32. The number of nitrogens with one attached hydrogen (secondary N) is 1. The summed E-state index contributed by atoms with van der Waals surface area (Å²) in [6, 6.07) is 2.50. The standard InChI is InChI=1S/C9H7BrFN3O2/c10-3-1-4(11)8(15)9(16)7(3)5-2-6(12)14-13-5/h1-2,15-16H,(H3,12,13,14). The third kappa shape index (κ3) is 1.58. The van der Waals surface area contributed by atoms with E-state index in [2.05, 4.69) is 26.1 Å². The average Bonchev–Trinajstić information content (AvgIpc) is 2.61. The zero-order chi connectivity index (χ0) is 11.9. The van der Waals surface area contributed by atoms with Gasteiger partial charge >= 0.3 is 0 Å². The highest BCUT2D eigenvalue weighted by atomic mass is 79.9. The summed E-state index contributed by atoms with van der Waals surface area (Å²) in [5, 5.41) is 25.1. The van der Waals surface area contributed by atoms with Crippen LogP contribution in [0.4, 0.5) is 10.2 Å². The highest BCUT2D eigenvalue weighted by molar-refractivity contribution is 9.10. The van der Waals surface area contributed by atoms with Crippen LogP contribution in [0.1, 0.15) is 0 Å². The maximum Gasteiger partial charge on any atom is 0.194 e. The van der Waals surface area contributed by atoms with Gasteiger partial charge in [0.15, 0.2) is 17.3 Å². The quantitative estimate of drug-likeness (QED) is 0.603. The van der Waals surface area contributed by atoms with E-state index < -0.39 is 17.3 Å². The number of rotatable bonds is 1. The Morgan fingerprint density at radius 3 is 2.56 bits per heavy atom. The highest BCUT2D eigenvalue weighted by Crippen LogP contribution is 2.42. The van der Waals surface area contributed by atoms with Crippen molar-refractivity contribution in [1.29, 1.82) is 0 Å². The van der Waals surface area contributed by atoms with Crippen LogP contribution in [-0.4, -0.2) is 20.4 Å². The van der Waals surface area contributed by atoms with E-state index >= 15 is 0 Å².